The molecule has 8 nitrogen and oxygen atoms in total. The molecule has 2 aromatic rings. The lowest BCUT2D eigenvalue weighted by Crippen LogP contribution is -2.35. The van der Waals surface area contributed by atoms with Crippen LogP contribution in [0.5, 0.6) is 0 Å². The number of amides is 2. The van der Waals surface area contributed by atoms with E-state index in [0.717, 1.165) is 42.6 Å². The van der Waals surface area contributed by atoms with E-state index in [-0.39, 0.29) is 16.7 Å². The molecule has 0 atom stereocenters. The maximum absolute atomic E-state index is 13.0. The van der Waals surface area contributed by atoms with Crippen LogP contribution < -0.4 is 15.4 Å². The number of nitrogens with one attached hydrogen (secondary N) is 1. The molecule has 1 heterocycles. The Morgan fingerprint density at radius 2 is 1.62 bits per heavy atom. The fourth-order valence-corrected chi connectivity index (χ4v) is 5.20. The number of carbonyl (C=O) groups is 2. The second-order valence-corrected chi connectivity index (χ2v) is 11.6. The zero-order valence-corrected chi connectivity index (χ0v) is 23.0. The number of primary sulfonamides is 1. The number of carbonyl (C=O) groups excluding carboxylic acids is 2. The van der Waals surface area contributed by atoms with Crippen LogP contribution >= 0.6 is 0 Å². The predicted octanol–water partition coefficient (Wildman–Crippen LogP) is 3.83. The van der Waals surface area contributed by atoms with E-state index in [9.17, 15) is 18.0 Å². The fraction of sp³-hybridized carbons (Fsp3) is 0.500. The molecule has 0 aromatic heterocycles. The van der Waals surface area contributed by atoms with Crippen LogP contribution in [-0.2, 0) is 27.8 Å². The minimum atomic E-state index is -3.73. The van der Waals surface area contributed by atoms with Crippen LogP contribution in [0.25, 0.3) is 0 Å². The first kappa shape index (κ1) is 28.8. The first-order valence-electron chi connectivity index (χ1n) is 13.1. The average Bonchev–Trinajstić information content (AvgIpc) is 2.83. The van der Waals surface area contributed by atoms with Crippen LogP contribution in [0.3, 0.4) is 0 Å². The number of nitrogens with two attached hydrogens (primary N) is 1. The maximum Gasteiger partial charge on any atom is 0.251 e. The molecule has 0 spiro atoms. The summed E-state index contributed by atoms with van der Waals surface area (Å²) in [7, 11) is -3.73. The van der Waals surface area contributed by atoms with Gasteiger partial charge in [0.25, 0.3) is 5.91 Å². The van der Waals surface area contributed by atoms with Crippen LogP contribution in [0.4, 0.5) is 5.69 Å². The lowest BCUT2D eigenvalue weighted by atomic mass is 10.0. The average molecular weight is 529 g/mol. The number of rotatable bonds is 6. The van der Waals surface area contributed by atoms with Gasteiger partial charge in [0.1, 0.15) is 0 Å². The van der Waals surface area contributed by atoms with Crippen molar-refractivity contribution in [2.45, 2.75) is 76.8 Å². The Hall–Kier alpha value is -2.75. The van der Waals surface area contributed by atoms with E-state index in [1.807, 2.05) is 17.0 Å². The van der Waals surface area contributed by atoms with Crippen molar-refractivity contribution in [1.29, 1.82) is 0 Å². The molecule has 0 saturated carbocycles. The van der Waals surface area contributed by atoms with Crippen LogP contribution in [-0.4, -0.2) is 50.8 Å². The molecule has 0 aliphatic carbocycles. The van der Waals surface area contributed by atoms with Gasteiger partial charge in [0, 0.05) is 43.9 Å². The number of nitrogens with zero attached hydrogens (tertiary/aromatic N) is 2. The molecule has 1 aliphatic rings. The Labute approximate surface area is 221 Å². The third-order valence-electron chi connectivity index (χ3n) is 6.89. The molecule has 1 aliphatic heterocycles. The topological polar surface area (TPSA) is 113 Å². The summed E-state index contributed by atoms with van der Waals surface area (Å²) >= 11 is 0. The van der Waals surface area contributed by atoms with Crippen LogP contribution in [0, 0.1) is 0 Å². The smallest absolute Gasteiger partial charge is 0.251 e. The highest BCUT2D eigenvalue weighted by atomic mass is 32.2. The van der Waals surface area contributed by atoms with Gasteiger partial charge >= 0.3 is 0 Å². The monoisotopic (exact) mass is 528 g/mol. The third kappa shape index (κ3) is 8.38. The molecule has 0 saturated heterocycles. The Morgan fingerprint density at radius 1 is 0.973 bits per heavy atom. The largest absolute Gasteiger partial charge is 0.352 e. The van der Waals surface area contributed by atoms with Gasteiger partial charge in [-0.15, -0.1) is 0 Å². The second-order valence-electron chi connectivity index (χ2n) is 10.0. The van der Waals surface area contributed by atoms with Gasteiger partial charge in [0.05, 0.1) is 4.90 Å². The van der Waals surface area contributed by atoms with Crippen molar-refractivity contribution < 1.29 is 18.0 Å². The summed E-state index contributed by atoms with van der Waals surface area (Å²) in [5, 5.41) is 8.11. The van der Waals surface area contributed by atoms with E-state index in [1.165, 1.54) is 25.0 Å². The van der Waals surface area contributed by atoms with Crippen molar-refractivity contribution in [3.05, 3.63) is 59.2 Å². The molecule has 9 heteroatoms. The predicted molar refractivity (Wildman–Crippen MR) is 147 cm³/mol. The standard InChI is InChI=1S/C28H40N4O4S/c1-21(2)31-17-7-5-4-6-8-18-32(22(3)33)27-14-11-24(19-25(27)20-31)28(34)30-16-15-23-9-12-26(13-10-23)37(29,35)36/h9-14,19,21H,4-8,15-18,20H2,1-3H3,(H,30,34)(H2,29,35,36). The van der Waals surface area contributed by atoms with E-state index in [1.54, 1.807) is 25.1 Å². The molecular weight excluding hydrogens is 488 g/mol. The SMILES string of the molecule is CC(=O)N1CCCCCCCN(C(C)C)Cc2cc(C(=O)NCCc3ccc(S(N)(=O)=O)cc3)ccc21. The molecule has 2 amide bonds. The molecule has 0 radical (unpaired) electrons. The lowest BCUT2D eigenvalue weighted by Gasteiger charge is -2.31. The van der Waals surface area contributed by atoms with Crippen LogP contribution in [0.1, 0.15) is 74.4 Å². The Morgan fingerprint density at radius 3 is 2.24 bits per heavy atom. The highest BCUT2D eigenvalue weighted by Crippen LogP contribution is 2.26. The maximum atomic E-state index is 13.0. The highest BCUT2D eigenvalue weighted by Gasteiger charge is 2.21. The van der Waals surface area contributed by atoms with Gasteiger partial charge in [0.15, 0.2) is 0 Å². The van der Waals surface area contributed by atoms with Crippen molar-refractivity contribution in [3.63, 3.8) is 0 Å². The number of hydrogen-bond acceptors (Lipinski definition) is 5. The van der Waals surface area contributed by atoms with Crippen molar-refractivity contribution >= 4 is 27.5 Å². The normalized spacial score (nSPS) is 16.0. The summed E-state index contributed by atoms with van der Waals surface area (Å²) in [6.45, 7) is 8.71. The van der Waals surface area contributed by atoms with E-state index < -0.39 is 10.0 Å². The van der Waals surface area contributed by atoms with Crippen molar-refractivity contribution in [3.8, 4) is 0 Å². The first-order valence-corrected chi connectivity index (χ1v) is 14.7. The summed E-state index contributed by atoms with van der Waals surface area (Å²) in [6, 6.07) is 12.3. The highest BCUT2D eigenvalue weighted by molar-refractivity contribution is 7.89. The number of hydrogen-bond donors (Lipinski definition) is 2. The van der Waals surface area contributed by atoms with Gasteiger partial charge in [-0.3, -0.25) is 14.5 Å². The minimum Gasteiger partial charge on any atom is -0.352 e. The van der Waals surface area contributed by atoms with Gasteiger partial charge in [-0.1, -0.05) is 31.4 Å². The van der Waals surface area contributed by atoms with E-state index in [2.05, 4.69) is 24.1 Å². The molecule has 37 heavy (non-hydrogen) atoms. The van der Waals surface area contributed by atoms with Gasteiger partial charge in [-0.2, -0.15) is 0 Å². The van der Waals surface area contributed by atoms with Gasteiger partial charge < -0.3 is 10.2 Å². The van der Waals surface area contributed by atoms with E-state index in [0.29, 0.717) is 37.7 Å². The van der Waals surface area contributed by atoms with Crippen molar-refractivity contribution in [2.75, 3.05) is 24.5 Å². The molecular formula is C28H40N4O4S. The number of anilines is 1. The summed E-state index contributed by atoms with van der Waals surface area (Å²) in [4.78, 5) is 29.9. The third-order valence-corrected chi connectivity index (χ3v) is 7.82. The molecule has 0 bridgehead atoms. The first-order chi connectivity index (χ1) is 17.6. The van der Waals surface area contributed by atoms with E-state index >= 15 is 0 Å². The Balaban J connectivity index is 1.77. The molecule has 0 fully saturated rings. The van der Waals surface area contributed by atoms with Crippen LogP contribution in [0.2, 0.25) is 0 Å². The van der Waals surface area contributed by atoms with Crippen molar-refractivity contribution in [1.82, 2.24) is 10.2 Å². The molecule has 2 aromatic carbocycles. The van der Waals surface area contributed by atoms with Gasteiger partial charge in [0.2, 0.25) is 15.9 Å². The molecule has 3 rings (SSSR count). The van der Waals surface area contributed by atoms with Gasteiger partial charge in [-0.25, -0.2) is 13.6 Å². The Bertz CT molecular complexity index is 1180. The number of benzene rings is 2. The zero-order chi connectivity index (χ0) is 27.0. The van der Waals surface area contributed by atoms with Crippen LogP contribution in [0.15, 0.2) is 47.4 Å². The summed E-state index contributed by atoms with van der Waals surface area (Å²) in [6.07, 6.45) is 6.13. The fourth-order valence-electron chi connectivity index (χ4n) is 4.69. The minimum absolute atomic E-state index is 0.0139. The van der Waals surface area contributed by atoms with Crippen molar-refractivity contribution in [2.24, 2.45) is 5.14 Å². The summed E-state index contributed by atoms with van der Waals surface area (Å²) in [5.41, 5.74) is 3.32. The van der Waals surface area contributed by atoms with E-state index in [4.69, 9.17) is 5.14 Å². The van der Waals surface area contributed by atoms with Gasteiger partial charge in [-0.05, 0) is 81.1 Å². The molecule has 202 valence electrons. The number of sulfonamides is 1. The number of fused-ring (bicyclic) bond motifs is 1. The lowest BCUT2D eigenvalue weighted by molar-refractivity contribution is -0.116. The summed E-state index contributed by atoms with van der Waals surface area (Å²) < 4.78 is 22.9. The summed E-state index contributed by atoms with van der Waals surface area (Å²) in [5.74, 6) is -0.166. The second kappa shape index (κ2) is 13.2. The quantitative estimate of drug-likeness (QED) is 0.592. The molecule has 3 N–H and O–H groups in total. The Kier molecular flexibility index (Phi) is 10.3. The molecule has 0 unspecified atom stereocenters. The zero-order valence-electron chi connectivity index (χ0n) is 22.2.